The largest absolute Gasteiger partial charge is 0.354 e. The minimum absolute atomic E-state index is 0.106. The van der Waals surface area contributed by atoms with Crippen molar-refractivity contribution in [2.45, 2.75) is 0 Å². The van der Waals surface area contributed by atoms with E-state index in [9.17, 15) is 4.79 Å². The van der Waals surface area contributed by atoms with Crippen LogP contribution in [0.3, 0.4) is 0 Å². The number of nitrogens with one attached hydrogen (secondary N) is 2. The molecule has 0 unspecified atom stereocenters. The first-order valence-electron chi connectivity index (χ1n) is 7.52. The molecule has 3 aromatic carbocycles. The average molecular weight is 300 g/mol. The van der Waals surface area contributed by atoms with Crippen LogP contribution in [0.15, 0.2) is 78.9 Å². The molecule has 3 nitrogen and oxygen atoms in total. The Kier molecular flexibility index (Phi) is 4.43. The lowest BCUT2D eigenvalue weighted by Gasteiger charge is -2.14. The molecule has 0 atom stereocenters. The van der Waals surface area contributed by atoms with Crippen molar-refractivity contribution >= 4 is 36.3 Å². The molecule has 4 heteroatoms. The van der Waals surface area contributed by atoms with E-state index in [0.717, 1.165) is 22.5 Å². The third kappa shape index (κ3) is 3.61. The molecule has 0 aliphatic heterocycles. The molecule has 1 amide bonds. The number of anilines is 3. The molecule has 3 rings (SSSR count). The van der Waals surface area contributed by atoms with Gasteiger partial charge in [0.15, 0.2) is 0 Å². The van der Waals surface area contributed by atoms with Gasteiger partial charge in [-0.3, -0.25) is 4.79 Å². The van der Waals surface area contributed by atoms with Crippen LogP contribution in [0.2, 0.25) is 0 Å². The number of carbonyl (C=O) groups is 1. The number of carbonyl (C=O) groups excluding carboxylic acids is 1. The van der Waals surface area contributed by atoms with Gasteiger partial charge < -0.3 is 10.6 Å². The Labute approximate surface area is 136 Å². The summed E-state index contributed by atoms with van der Waals surface area (Å²) in [7, 11) is 1.93. The molecule has 0 radical (unpaired) electrons. The molecule has 0 aromatic heterocycles. The van der Waals surface area contributed by atoms with E-state index in [1.165, 1.54) is 0 Å². The molecule has 23 heavy (non-hydrogen) atoms. The van der Waals surface area contributed by atoms with Crippen LogP contribution in [0.4, 0.5) is 17.1 Å². The number of rotatable bonds is 4. The first-order chi connectivity index (χ1) is 11.2. The second-order valence-corrected chi connectivity index (χ2v) is 5.31. The lowest BCUT2D eigenvalue weighted by molar-refractivity contribution is 0.102. The van der Waals surface area contributed by atoms with Gasteiger partial charge in [-0.25, -0.2) is 0 Å². The van der Waals surface area contributed by atoms with Crippen LogP contribution < -0.4 is 16.1 Å². The van der Waals surface area contributed by atoms with Crippen LogP contribution in [0.5, 0.6) is 0 Å². The van der Waals surface area contributed by atoms with E-state index < -0.39 is 0 Å². The summed E-state index contributed by atoms with van der Waals surface area (Å²) in [4.78, 5) is 12.5. The lowest BCUT2D eigenvalue weighted by Crippen LogP contribution is -2.21. The number of hydrogen-bond donors (Lipinski definition) is 2. The van der Waals surface area contributed by atoms with E-state index >= 15 is 0 Å². The Morgan fingerprint density at radius 3 is 2.09 bits per heavy atom. The third-order valence-corrected chi connectivity index (χ3v) is 3.62. The first-order valence-corrected chi connectivity index (χ1v) is 7.52. The van der Waals surface area contributed by atoms with Crippen LogP contribution >= 0.6 is 0 Å². The predicted molar refractivity (Wildman–Crippen MR) is 98.7 cm³/mol. The molecule has 0 saturated carbocycles. The Hall–Kier alpha value is -3.01. The summed E-state index contributed by atoms with van der Waals surface area (Å²) in [6.45, 7) is 0. The molecule has 0 aliphatic rings. The van der Waals surface area contributed by atoms with Gasteiger partial charge in [0.25, 0.3) is 5.91 Å². The standard InChI is InChI=1S/C19H17BN2O/c20-16-11-5-4-10-15(16)19(23)22-18-13-7-6-12-17(18)21-14-8-2-1-3-9-14/h1-13,21H,20H2,(H,22,23). The monoisotopic (exact) mass is 300 g/mol. The minimum Gasteiger partial charge on any atom is -0.354 e. The van der Waals surface area contributed by atoms with E-state index in [-0.39, 0.29) is 5.91 Å². The second kappa shape index (κ2) is 6.84. The molecule has 0 saturated heterocycles. The normalized spacial score (nSPS) is 10.1. The van der Waals surface area contributed by atoms with Crippen LogP contribution in [0.25, 0.3) is 0 Å². The number of benzene rings is 3. The molecule has 2 N–H and O–H groups in total. The molecule has 0 fully saturated rings. The molecule has 0 bridgehead atoms. The molecule has 112 valence electrons. The van der Waals surface area contributed by atoms with Gasteiger partial charge in [-0.15, -0.1) is 0 Å². The van der Waals surface area contributed by atoms with Crippen LogP contribution in [-0.2, 0) is 0 Å². The average Bonchev–Trinajstić information content (AvgIpc) is 2.58. The van der Waals surface area contributed by atoms with Gasteiger partial charge in [0.1, 0.15) is 7.85 Å². The van der Waals surface area contributed by atoms with Crippen molar-refractivity contribution in [3.63, 3.8) is 0 Å². The van der Waals surface area contributed by atoms with Gasteiger partial charge in [-0.05, 0) is 24.3 Å². The summed E-state index contributed by atoms with van der Waals surface area (Å²) in [5.41, 5.74) is 4.23. The van der Waals surface area contributed by atoms with E-state index in [2.05, 4.69) is 10.6 Å². The number of amides is 1. The Morgan fingerprint density at radius 1 is 0.739 bits per heavy atom. The summed E-state index contributed by atoms with van der Waals surface area (Å²) in [5, 5.41) is 6.32. The third-order valence-electron chi connectivity index (χ3n) is 3.62. The number of hydrogen-bond acceptors (Lipinski definition) is 2. The molecule has 0 spiro atoms. The fraction of sp³-hybridized carbons (Fsp3) is 0. The molecular weight excluding hydrogens is 283 g/mol. The highest BCUT2D eigenvalue weighted by molar-refractivity contribution is 6.37. The zero-order valence-corrected chi connectivity index (χ0v) is 12.9. The van der Waals surface area contributed by atoms with Gasteiger partial charge >= 0.3 is 0 Å². The minimum atomic E-state index is -0.106. The summed E-state index contributed by atoms with van der Waals surface area (Å²) < 4.78 is 0. The molecule has 3 aromatic rings. The maximum absolute atomic E-state index is 12.5. The van der Waals surface area contributed by atoms with Crippen molar-refractivity contribution in [1.82, 2.24) is 0 Å². The van der Waals surface area contributed by atoms with Crippen molar-refractivity contribution in [1.29, 1.82) is 0 Å². The van der Waals surface area contributed by atoms with Gasteiger partial charge in [0.05, 0.1) is 11.4 Å². The lowest BCUT2D eigenvalue weighted by atomic mass is 9.90. The van der Waals surface area contributed by atoms with E-state index in [1.807, 2.05) is 86.7 Å². The maximum Gasteiger partial charge on any atom is 0.255 e. The zero-order valence-electron chi connectivity index (χ0n) is 12.9. The van der Waals surface area contributed by atoms with E-state index in [4.69, 9.17) is 0 Å². The van der Waals surface area contributed by atoms with Crippen molar-refractivity contribution in [3.05, 3.63) is 84.4 Å². The maximum atomic E-state index is 12.5. The topological polar surface area (TPSA) is 41.1 Å². The van der Waals surface area contributed by atoms with Crippen LogP contribution in [0.1, 0.15) is 10.4 Å². The highest BCUT2D eigenvalue weighted by atomic mass is 16.1. The van der Waals surface area contributed by atoms with Crippen molar-refractivity contribution < 1.29 is 4.79 Å². The zero-order chi connectivity index (χ0) is 16.1. The van der Waals surface area contributed by atoms with Crippen LogP contribution in [0, 0.1) is 0 Å². The molecule has 0 heterocycles. The van der Waals surface area contributed by atoms with Gasteiger partial charge in [0, 0.05) is 11.3 Å². The van der Waals surface area contributed by atoms with Crippen molar-refractivity contribution in [2.75, 3.05) is 10.6 Å². The summed E-state index contributed by atoms with van der Waals surface area (Å²) >= 11 is 0. The molecular formula is C19H17BN2O. The first kappa shape index (κ1) is 14.9. The van der Waals surface area contributed by atoms with E-state index in [1.54, 1.807) is 0 Å². The fourth-order valence-electron chi connectivity index (χ4n) is 2.40. The van der Waals surface area contributed by atoms with Gasteiger partial charge in [0.2, 0.25) is 0 Å². The second-order valence-electron chi connectivity index (χ2n) is 5.31. The van der Waals surface area contributed by atoms with E-state index in [0.29, 0.717) is 5.56 Å². The van der Waals surface area contributed by atoms with Gasteiger partial charge in [-0.2, -0.15) is 0 Å². The van der Waals surface area contributed by atoms with Crippen LogP contribution in [-0.4, -0.2) is 13.8 Å². The Bertz CT molecular complexity index is 818. The smallest absolute Gasteiger partial charge is 0.255 e. The Balaban J connectivity index is 1.84. The highest BCUT2D eigenvalue weighted by Gasteiger charge is 2.10. The highest BCUT2D eigenvalue weighted by Crippen LogP contribution is 2.25. The molecule has 0 aliphatic carbocycles. The quantitative estimate of drug-likeness (QED) is 0.727. The summed E-state index contributed by atoms with van der Waals surface area (Å²) in [5.74, 6) is -0.106. The SMILES string of the molecule is Bc1ccccc1C(=O)Nc1ccccc1Nc1ccccc1. The van der Waals surface area contributed by atoms with Gasteiger partial charge in [-0.1, -0.05) is 60.1 Å². The van der Waals surface area contributed by atoms with Crippen molar-refractivity contribution in [3.8, 4) is 0 Å². The summed E-state index contributed by atoms with van der Waals surface area (Å²) in [6, 6.07) is 25.1. The Morgan fingerprint density at radius 2 is 1.35 bits per heavy atom. The van der Waals surface area contributed by atoms with Crippen molar-refractivity contribution in [2.24, 2.45) is 0 Å². The fourth-order valence-corrected chi connectivity index (χ4v) is 2.40. The summed E-state index contributed by atoms with van der Waals surface area (Å²) in [6.07, 6.45) is 0. The predicted octanol–water partition coefficient (Wildman–Crippen LogP) is 2.94. The number of para-hydroxylation sites is 3.